The third-order valence-electron chi connectivity index (χ3n) is 9.59. The van der Waals surface area contributed by atoms with E-state index in [0.717, 1.165) is 70.5 Å². The van der Waals surface area contributed by atoms with Crippen molar-refractivity contribution in [2.24, 2.45) is 23.5 Å². The number of carbonyl (C=O) groups excluding carboxylic acids is 3. The second-order valence-corrected chi connectivity index (χ2v) is 12.8. The van der Waals surface area contributed by atoms with Crippen molar-refractivity contribution in [2.75, 3.05) is 12.0 Å². The minimum absolute atomic E-state index is 0.222. The van der Waals surface area contributed by atoms with E-state index in [2.05, 4.69) is 24.4 Å². The average Bonchev–Trinajstić information content (AvgIpc) is 3.94. The minimum atomic E-state index is -0.933. The molecule has 1 unspecified atom stereocenters. The highest BCUT2D eigenvalue weighted by Crippen LogP contribution is 2.42. The van der Waals surface area contributed by atoms with E-state index < -0.39 is 23.8 Å². The topological polar surface area (TPSA) is 102 Å². The van der Waals surface area contributed by atoms with Gasteiger partial charge in [-0.3, -0.25) is 14.4 Å². The van der Waals surface area contributed by atoms with Crippen molar-refractivity contribution < 1.29 is 19.1 Å². The van der Waals surface area contributed by atoms with Crippen LogP contribution in [0.3, 0.4) is 0 Å². The van der Waals surface area contributed by atoms with Gasteiger partial charge in [-0.15, -0.1) is 0 Å². The second-order valence-electron chi connectivity index (χ2n) is 12.8. The second kappa shape index (κ2) is 14.2. The fraction of sp³-hybridized carbons (Fsp3) is 0.325. The van der Waals surface area contributed by atoms with Crippen LogP contribution in [0.2, 0.25) is 0 Å². The van der Waals surface area contributed by atoms with Crippen LogP contribution in [0.15, 0.2) is 97.1 Å². The average molecular weight is 630 g/mol. The molecule has 3 atom stereocenters. The highest BCUT2D eigenvalue weighted by atomic mass is 16.5. The van der Waals surface area contributed by atoms with E-state index in [1.165, 1.54) is 0 Å². The minimum Gasteiger partial charge on any atom is -0.497 e. The summed E-state index contributed by atoms with van der Waals surface area (Å²) in [5.41, 5.74) is 12.3. The molecule has 1 fully saturated rings. The highest BCUT2D eigenvalue weighted by molar-refractivity contribution is 6.06. The number of fused-ring (bicyclic) bond motifs is 3. The number of carbonyl (C=O) groups is 3. The van der Waals surface area contributed by atoms with Gasteiger partial charge in [0.05, 0.1) is 19.3 Å². The molecule has 4 aromatic carbocycles. The lowest BCUT2D eigenvalue weighted by molar-refractivity contribution is -0.136. The molecule has 0 saturated heterocycles. The van der Waals surface area contributed by atoms with Crippen LogP contribution in [0.25, 0.3) is 22.3 Å². The Labute approximate surface area is 277 Å². The molecule has 2 aliphatic rings. The number of ether oxygens (including phenoxy) is 1. The van der Waals surface area contributed by atoms with E-state index in [9.17, 15) is 14.4 Å². The van der Waals surface area contributed by atoms with Crippen molar-refractivity contribution in [1.29, 1.82) is 0 Å². The van der Waals surface area contributed by atoms with Gasteiger partial charge < -0.3 is 20.7 Å². The lowest BCUT2D eigenvalue weighted by Gasteiger charge is -2.29. The van der Waals surface area contributed by atoms with Gasteiger partial charge in [-0.1, -0.05) is 105 Å². The zero-order valence-electron chi connectivity index (χ0n) is 27.2. The maximum absolute atomic E-state index is 14.8. The molecule has 0 radical (unpaired) electrons. The number of hydrogen-bond donors (Lipinski definition) is 2. The van der Waals surface area contributed by atoms with E-state index in [-0.39, 0.29) is 11.8 Å². The third kappa shape index (κ3) is 7.09. The predicted molar refractivity (Wildman–Crippen MR) is 185 cm³/mol. The van der Waals surface area contributed by atoms with Gasteiger partial charge in [0.15, 0.2) is 0 Å². The number of benzene rings is 4. The summed E-state index contributed by atoms with van der Waals surface area (Å²) in [5, 5.41) is 3.16. The first kappa shape index (κ1) is 32.0. The molecule has 6 rings (SSSR count). The first-order valence-corrected chi connectivity index (χ1v) is 16.7. The van der Waals surface area contributed by atoms with Crippen molar-refractivity contribution in [3.63, 3.8) is 0 Å². The van der Waals surface area contributed by atoms with Crippen molar-refractivity contribution >= 4 is 23.4 Å². The predicted octanol–water partition coefficient (Wildman–Crippen LogP) is 7.44. The van der Waals surface area contributed by atoms with Crippen LogP contribution in [0.5, 0.6) is 5.75 Å². The van der Waals surface area contributed by atoms with Gasteiger partial charge in [-0.05, 0) is 70.8 Å². The highest BCUT2D eigenvalue weighted by Gasteiger charge is 2.40. The van der Waals surface area contributed by atoms with Crippen LogP contribution in [0.1, 0.15) is 62.6 Å². The van der Waals surface area contributed by atoms with Crippen LogP contribution >= 0.6 is 0 Å². The summed E-state index contributed by atoms with van der Waals surface area (Å²) in [6, 6.07) is 30.8. The Hall–Kier alpha value is -4.91. The lowest BCUT2D eigenvalue weighted by atomic mass is 9.82. The molecule has 3 amide bonds. The maximum atomic E-state index is 14.8. The van der Waals surface area contributed by atoms with Gasteiger partial charge in [-0.2, -0.15) is 0 Å². The standard InChI is InChI=1S/C40H43N3O4/c1-3-4-12-34(38(41)44)35(24-26-17-18-26)39(45)42-37-33-15-6-5-13-31(33)32-14-7-8-16-36(32)43(40(37)46)25-27-10-9-11-29(23-27)28-19-21-30(47-2)22-20-28/h5-11,13-16,19-23,26,34-35,37H,3-4,12,17-18,24-25H2,1-2H3,(H2,41,44)(H,42,45)/t34?,35-,37-/m0/s1. The van der Waals surface area contributed by atoms with Crippen LogP contribution in [0.4, 0.5) is 5.69 Å². The quantitative estimate of drug-likeness (QED) is 0.160. The van der Waals surface area contributed by atoms with E-state index in [0.29, 0.717) is 25.3 Å². The van der Waals surface area contributed by atoms with E-state index >= 15 is 0 Å². The van der Waals surface area contributed by atoms with Crippen molar-refractivity contribution in [2.45, 2.75) is 58.0 Å². The maximum Gasteiger partial charge on any atom is 0.254 e. The Balaban J connectivity index is 1.36. The molecule has 0 bridgehead atoms. The molecule has 0 aromatic heterocycles. The van der Waals surface area contributed by atoms with Gasteiger partial charge in [0, 0.05) is 17.4 Å². The molecule has 7 nitrogen and oxygen atoms in total. The van der Waals surface area contributed by atoms with E-state index in [1.54, 1.807) is 12.0 Å². The van der Waals surface area contributed by atoms with E-state index in [1.807, 2.05) is 84.9 Å². The van der Waals surface area contributed by atoms with Crippen LogP contribution in [-0.2, 0) is 20.9 Å². The van der Waals surface area contributed by atoms with Gasteiger partial charge in [-0.25, -0.2) is 0 Å². The Morgan fingerprint density at radius 2 is 1.62 bits per heavy atom. The number of amides is 3. The number of unbranched alkanes of at least 4 members (excludes halogenated alkanes) is 1. The number of nitrogens with two attached hydrogens (primary N) is 1. The van der Waals surface area contributed by atoms with Gasteiger partial charge >= 0.3 is 0 Å². The molecule has 1 heterocycles. The largest absolute Gasteiger partial charge is 0.497 e. The summed E-state index contributed by atoms with van der Waals surface area (Å²) in [7, 11) is 1.65. The summed E-state index contributed by atoms with van der Waals surface area (Å²) in [6.45, 7) is 2.38. The molecular weight excluding hydrogens is 586 g/mol. The summed E-state index contributed by atoms with van der Waals surface area (Å²) >= 11 is 0. The number of nitrogens with zero attached hydrogens (tertiary/aromatic N) is 1. The van der Waals surface area contributed by atoms with Crippen molar-refractivity contribution in [1.82, 2.24) is 5.32 Å². The molecule has 7 heteroatoms. The lowest BCUT2D eigenvalue weighted by Crippen LogP contribution is -2.46. The molecule has 47 heavy (non-hydrogen) atoms. The monoisotopic (exact) mass is 629 g/mol. The number of primary amides is 1. The molecular formula is C40H43N3O4. The smallest absolute Gasteiger partial charge is 0.254 e. The van der Waals surface area contributed by atoms with Crippen LogP contribution < -0.4 is 20.7 Å². The molecule has 1 saturated carbocycles. The number of hydrogen-bond acceptors (Lipinski definition) is 4. The SMILES string of the molecule is CCCCC(C(N)=O)[C@H](CC1CC1)C(=O)N[C@@H]1C(=O)N(Cc2cccc(-c3ccc(OC)cc3)c2)c2ccccc2-c2ccccc21. The number of nitrogens with one attached hydrogen (secondary N) is 1. The van der Waals surface area contributed by atoms with Crippen LogP contribution in [0, 0.1) is 17.8 Å². The Morgan fingerprint density at radius 3 is 2.32 bits per heavy atom. The fourth-order valence-corrected chi connectivity index (χ4v) is 6.84. The van der Waals surface area contributed by atoms with E-state index in [4.69, 9.17) is 10.5 Å². The number of para-hydroxylation sites is 1. The van der Waals surface area contributed by atoms with Crippen LogP contribution in [-0.4, -0.2) is 24.8 Å². The van der Waals surface area contributed by atoms with Crippen molar-refractivity contribution in [3.8, 4) is 28.0 Å². The van der Waals surface area contributed by atoms with Gasteiger partial charge in [0.2, 0.25) is 11.8 Å². The Kier molecular flexibility index (Phi) is 9.71. The third-order valence-corrected chi connectivity index (χ3v) is 9.59. The van der Waals surface area contributed by atoms with Gasteiger partial charge in [0.1, 0.15) is 11.8 Å². The van der Waals surface area contributed by atoms with Crippen molar-refractivity contribution in [3.05, 3.63) is 108 Å². The molecule has 4 aromatic rings. The zero-order valence-corrected chi connectivity index (χ0v) is 27.2. The number of methoxy groups -OCH3 is 1. The number of rotatable bonds is 13. The zero-order chi connectivity index (χ0) is 32.9. The first-order chi connectivity index (χ1) is 22.9. The molecule has 1 aliphatic carbocycles. The summed E-state index contributed by atoms with van der Waals surface area (Å²) in [5.74, 6) is -0.899. The Morgan fingerprint density at radius 1 is 0.894 bits per heavy atom. The summed E-state index contributed by atoms with van der Waals surface area (Å²) in [4.78, 5) is 43.5. The first-order valence-electron chi connectivity index (χ1n) is 16.7. The number of anilines is 1. The molecule has 242 valence electrons. The summed E-state index contributed by atoms with van der Waals surface area (Å²) in [6.07, 6.45) is 4.98. The summed E-state index contributed by atoms with van der Waals surface area (Å²) < 4.78 is 5.33. The molecule has 0 spiro atoms. The Bertz CT molecular complexity index is 1750. The molecule has 1 aliphatic heterocycles. The molecule has 3 N–H and O–H groups in total. The fourth-order valence-electron chi connectivity index (χ4n) is 6.84. The normalized spacial score (nSPS) is 16.8. The van der Waals surface area contributed by atoms with Gasteiger partial charge in [0.25, 0.3) is 5.91 Å².